The van der Waals surface area contributed by atoms with E-state index in [2.05, 4.69) is 49.2 Å². The van der Waals surface area contributed by atoms with Crippen molar-refractivity contribution in [1.82, 2.24) is 9.88 Å². The van der Waals surface area contributed by atoms with Crippen molar-refractivity contribution < 1.29 is 14.3 Å². The molecule has 1 aliphatic rings. The molecule has 1 aliphatic heterocycles. The van der Waals surface area contributed by atoms with Crippen LogP contribution in [-0.2, 0) is 14.3 Å². The molecular weight excluding hydrogens is 362 g/mol. The lowest BCUT2D eigenvalue weighted by Crippen LogP contribution is -2.81. The van der Waals surface area contributed by atoms with Crippen molar-refractivity contribution in [3.63, 3.8) is 0 Å². The number of amides is 2. The maximum absolute atomic E-state index is 13.0. The maximum Gasteiger partial charge on any atom is 0.270 e. The number of carbonyl (C=O) groups excluding carboxylic acids is 2. The number of hydrogen-bond acceptors (Lipinski definition) is 4. The van der Waals surface area contributed by atoms with Gasteiger partial charge in [0, 0.05) is 12.0 Å². The molecule has 1 aromatic carbocycles. The molecule has 9 heteroatoms. The van der Waals surface area contributed by atoms with Crippen LogP contribution in [0, 0.1) is 0 Å². The summed E-state index contributed by atoms with van der Waals surface area (Å²) in [5.74, 6) is -0.818. The quantitative estimate of drug-likeness (QED) is 0.201. The Labute approximate surface area is 160 Å². The smallest absolute Gasteiger partial charge is 0.270 e. The van der Waals surface area contributed by atoms with E-state index in [-0.39, 0.29) is 17.5 Å². The Kier molecular flexibility index (Phi) is 5.70. The normalized spacial score (nSPS) is 21.1. The standard InChI is InChI=1S/C18H27N5O3Si/c1-17(2,3)27(5,6)23-12-18(26-4,16(23)25)20-15(24)14(21-22-19)13-10-8-7-9-11-13/h7-11,14H,12H2,1-6H3,(H,20,24). The summed E-state index contributed by atoms with van der Waals surface area (Å²) in [4.78, 5) is 28.5. The highest BCUT2D eigenvalue weighted by Gasteiger charge is 2.61. The van der Waals surface area contributed by atoms with Crippen molar-refractivity contribution in [2.45, 2.75) is 50.7 Å². The van der Waals surface area contributed by atoms with Crippen molar-refractivity contribution in [1.29, 1.82) is 0 Å². The van der Waals surface area contributed by atoms with Crippen LogP contribution in [0.2, 0.25) is 18.1 Å². The molecule has 8 nitrogen and oxygen atoms in total. The number of ether oxygens (including phenoxy) is 1. The summed E-state index contributed by atoms with van der Waals surface area (Å²) in [6.45, 7) is 10.9. The van der Waals surface area contributed by atoms with Crippen LogP contribution in [0.15, 0.2) is 35.4 Å². The van der Waals surface area contributed by atoms with Gasteiger partial charge in [0.25, 0.3) is 5.91 Å². The van der Waals surface area contributed by atoms with Crippen molar-refractivity contribution in [3.8, 4) is 0 Å². The highest BCUT2D eigenvalue weighted by Crippen LogP contribution is 2.43. The van der Waals surface area contributed by atoms with Crippen LogP contribution < -0.4 is 5.32 Å². The maximum atomic E-state index is 13.0. The van der Waals surface area contributed by atoms with Crippen LogP contribution in [-0.4, -0.2) is 44.0 Å². The third-order valence-corrected chi connectivity index (χ3v) is 11.1. The van der Waals surface area contributed by atoms with Crippen LogP contribution in [0.25, 0.3) is 10.4 Å². The minimum Gasteiger partial charge on any atom is -0.360 e. The zero-order valence-corrected chi connectivity index (χ0v) is 17.7. The van der Waals surface area contributed by atoms with Gasteiger partial charge >= 0.3 is 0 Å². The second-order valence-electron chi connectivity index (χ2n) is 8.24. The van der Waals surface area contributed by atoms with Crippen molar-refractivity contribution in [2.24, 2.45) is 5.11 Å². The predicted molar refractivity (Wildman–Crippen MR) is 105 cm³/mol. The lowest BCUT2D eigenvalue weighted by molar-refractivity contribution is -0.181. The van der Waals surface area contributed by atoms with Gasteiger partial charge in [-0.1, -0.05) is 69.3 Å². The molecule has 2 atom stereocenters. The molecule has 0 aliphatic carbocycles. The molecule has 0 aromatic heterocycles. The molecule has 0 saturated carbocycles. The fourth-order valence-corrected chi connectivity index (χ4v) is 4.98. The molecule has 146 valence electrons. The first kappa shape index (κ1) is 21.0. The number of hydrogen-bond donors (Lipinski definition) is 1. The summed E-state index contributed by atoms with van der Waals surface area (Å²) in [5.41, 5.74) is 7.98. The molecule has 1 saturated heterocycles. The molecule has 1 heterocycles. The Hall–Kier alpha value is -2.35. The minimum absolute atomic E-state index is 0.0236. The second kappa shape index (κ2) is 7.34. The van der Waals surface area contributed by atoms with Crippen molar-refractivity contribution in [3.05, 3.63) is 46.3 Å². The van der Waals surface area contributed by atoms with Crippen molar-refractivity contribution in [2.75, 3.05) is 13.7 Å². The van der Waals surface area contributed by atoms with E-state index in [1.807, 2.05) is 4.57 Å². The van der Waals surface area contributed by atoms with Crippen LogP contribution in [0.4, 0.5) is 0 Å². The summed E-state index contributed by atoms with van der Waals surface area (Å²) < 4.78 is 7.26. The molecule has 0 spiro atoms. The van der Waals surface area contributed by atoms with Crippen LogP contribution in [0.1, 0.15) is 32.4 Å². The van der Waals surface area contributed by atoms with Crippen molar-refractivity contribution >= 4 is 20.0 Å². The van der Waals surface area contributed by atoms with E-state index in [0.29, 0.717) is 5.56 Å². The third-order valence-electron chi connectivity index (χ3n) is 5.69. The van der Waals surface area contributed by atoms with Gasteiger partial charge in [-0.05, 0) is 16.1 Å². The summed E-state index contributed by atoms with van der Waals surface area (Å²) in [6, 6.07) is 7.63. The van der Waals surface area contributed by atoms with Gasteiger partial charge in [-0.25, -0.2) is 0 Å². The summed E-state index contributed by atoms with van der Waals surface area (Å²) >= 11 is 0. The predicted octanol–water partition coefficient (Wildman–Crippen LogP) is 3.34. The zero-order valence-electron chi connectivity index (χ0n) is 16.7. The molecule has 2 amide bonds. The average molecular weight is 390 g/mol. The molecule has 1 fully saturated rings. The van der Waals surface area contributed by atoms with Gasteiger partial charge in [0.05, 0.1) is 6.54 Å². The van der Waals surface area contributed by atoms with Crippen LogP contribution >= 0.6 is 0 Å². The van der Waals surface area contributed by atoms with E-state index in [0.717, 1.165) is 0 Å². The number of nitrogens with zero attached hydrogens (tertiary/aromatic N) is 4. The molecule has 2 unspecified atom stereocenters. The number of nitrogens with one attached hydrogen (secondary N) is 1. The summed E-state index contributed by atoms with van der Waals surface area (Å²) in [5, 5.41) is 6.25. The Morgan fingerprint density at radius 1 is 1.37 bits per heavy atom. The first-order valence-corrected chi connectivity index (χ1v) is 11.7. The van der Waals surface area contributed by atoms with Gasteiger partial charge < -0.3 is 14.6 Å². The SMILES string of the molecule is COC1(NC(=O)C(N=[N+]=[N-])c2ccccc2)CN([Si](C)(C)C(C)(C)C)C1=O. The monoisotopic (exact) mass is 389 g/mol. The molecule has 0 radical (unpaired) electrons. The molecule has 1 aromatic rings. The Balaban J connectivity index is 2.23. The summed E-state index contributed by atoms with van der Waals surface area (Å²) in [6.07, 6.45) is 0. The first-order valence-electron chi connectivity index (χ1n) is 8.78. The fourth-order valence-electron chi connectivity index (χ4n) is 2.87. The number of β-lactam (4-membered cyclic amide) rings is 1. The van der Waals surface area contributed by atoms with Gasteiger partial charge in [0.2, 0.25) is 11.6 Å². The first-order chi connectivity index (χ1) is 12.5. The highest BCUT2D eigenvalue weighted by molar-refractivity contribution is 6.80. The van der Waals surface area contributed by atoms with Gasteiger partial charge in [0.15, 0.2) is 8.24 Å². The fraction of sp³-hybridized carbons (Fsp3) is 0.556. The number of azide groups is 1. The minimum atomic E-state index is -2.08. The molecule has 2 rings (SSSR count). The van der Waals surface area contributed by atoms with E-state index in [9.17, 15) is 9.59 Å². The zero-order chi connectivity index (χ0) is 20.5. The topological polar surface area (TPSA) is 107 Å². The molecular formula is C18H27N5O3Si. The average Bonchev–Trinajstić information content (AvgIpc) is 2.61. The van der Waals surface area contributed by atoms with Gasteiger partial charge in [-0.3, -0.25) is 9.59 Å². The highest BCUT2D eigenvalue weighted by atomic mass is 28.3. The second-order valence-corrected chi connectivity index (χ2v) is 13.4. The van der Waals surface area contributed by atoms with E-state index < -0.39 is 25.9 Å². The number of rotatable bonds is 6. The van der Waals surface area contributed by atoms with E-state index in [1.54, 1.807) is 30.3 Å². The number of methoxy groups -OCH3 is 1. The lowest BCUT2D eigenvalue weighted by Gasteiger charge is -2.57. The number of carbonyl (C=O) groups is 2. The van der Waals surface area contributed by atoms with Gasteiger partial charge in [-0.15, -0.1) is 0 Å². The van der Waals surface area contributed by atoms with E-state index >= 15 is 0 Å². The van der Waals surface area contributed by atoms with Crippen LogP contribution in [0.5, 0.6) is 0 Å². The molecule has 0 bridgehead atoms. The molecule has 27 heavy (non-hydrogen) atoms. The molecule has 1 N–H and O–H groups in total. The lowest BCUT2D eigenvalue weighted by atomic mass is 10.0. The van der Waals surface area contributed by atoms with Crippen LogP contribution in [0.3, 0.4) is 0 Å². The third kappa shape index (κ3) is 3.71. The van der Waals surface area contributed by atoms with Gasteiger partial charge in [0.1, 0.15) is 6.04 Å². The Morgan fingerprint density at radius 2 is 1.96 bits per heavy atom. The Morgan fingerprint density at radius 3 is 2.41 bits per heavy atom. The van der Waals surface area contributed by atoms with E-state index in [1.165, 1.54) is 7.11 Å². The summed E-state index contributed by atoms with van der Waals surface area (Å²) in [7, 11) is -0.681. The Bertz CT molecular complexity index is 771. The largest absolute Gasteiger partial charge is 0.360 e. The number of benzene rings is 1. The van der Waals surface area contributed by atoms with E-state index in [4.69, 9.17) is 10.3 Å². The van der Waals surface area contributed by atoms with Gasteiger partial charge in [-0.2, -0.15) is 0 Å².